The molecular formula is C14H13BrN2O. The molecule has 92 valence electrons. The Bertz CT molecular complexity index is 599. The Hall–Kier alpha value is -1.42. The number of benzene rings is 1. The summed E-state index contributed by atoms with van der Waals surface area (Å²) in [5, 5.41) is 1.95. The van der Waals surface area contributed by atoms with Crippen LogP contribution in [0.5, 0.6) is 0 Å². The number of pyridine rings is 1. The van der Waals surface area contributed by atoms with E-state index >= 15 is 0 Å². The van der Waals surface area contributed by atoms with Gasteiger partial charge in [0.1, 0.15) is 0 Å². The fraction of sp³-hybridized carbons (Fsp3) is 0.286. The Balaban J connectivity index is 1.97. The van der Waals surface area contributed by atoms with Gasteiger partial charge in [-0.1, -0.05) is 34.1 Å². The van der Waals surface area contributed by atoms with E-state index in [4.69, 9.17) is 0 Å². The van der Waals surface area contributed by atoms with Crippen molar-refractivity contribution in [1.29, 1.82) is 0 Å². The lowest BCUT2D eigenvalue weighted by Crippen LogP contribution is -2.24. The lowest BCUT2D eigenvalue weighted by atomic mass is 10.2. The lowest BCUT2D eigenvalue weighted by molar-refractivity contribution is -0.117. The summed E-state index contributed by atoms with van der Waals surface area (Å²) in [5.41, 5.74) is 1.87. The van der Waals surface area contributed by atoms with Crippen LogP contribution in [-0.4, -0.2) is 22.8 Å². The standard InChI is InChI=1S/C14H13BrN2O/c15-7-10-5-14(18)17(9-10)12-6-11-3-1-2-4-13(11)16-8-12/h1-4,6,8,10H,5,7,9H2. The number of nitrogens with zero attached hydrogens (tertiary/aromatic N) is 2. The van der Waals surface area contributed by atoms with Crippen molar-refractivity contribution < 1.29 is 4.79 Å². The molecule has 4 heteroatoms. The highest BCUT2D eigenvalue weighted by Crippen LogP contribution is 2.27. The van der Waals surface area contributed by atoms with Gasteiger partial charge in [0.15, 0.2) is 0 Å². The van der Waals surface area contributed by atoms with Gasteiger partial charge in [0.2, 0.25) is 5.91 Å². The van der Waals surface area contributed by atoms with Crippen molar-refractivity contribution in [3.63, 3.8) is 0 Å². The van der Waals surface area contributed by atoms with E-state index in [1.807, 2.05) is 35.2 Å². The van der Waals surface area contributed by atoms with E-state index in [2.05, 4.69) is 20.9 Å². The number of hydrogen-bond donors (Lipinski definition) is 0. The molecule has 2 aromatic rings. The van der Waals surface area contributed by atoms with Crippen molar-refractivity contribution in [3.05, 3.63) is 36.5 Å². The third-order valence-electron chi connectivity index (χ3n) is 3.31. The summed E-state index contributed by atoms with van der Waals surface area (Å²) in [5.74, 6) is 0.598. The minimum Gasteiger partial charge on any atom is -0.311 e. The van der Waals surface area contributed by atoms with Crippen molar-refractivity contribution in [2.24, 2.45) is 5.92 Å². The summed E-state index contributed by atoms with van der Waals surface area (Å²) in [4.78, 5) is 18.2. The Morgan fingerprint density at radius 3 is 3.00 bits per heavy atom. The molecule has 18 heavy (non-hydrogen) atoms. The van der Waals surface area contributed by atoms with Crippen LogP contribution in [0.4, 0.5) is 5.69 Å². The monoisotopic (exact) mass is 304 g/mol. The first-order valence-corrected chi connectivity index (χ1v) is 7.11. The molecule has 2 heterocycles. The topological polar surface area (TPSA) is 33.2 Å². The van der Waals surface area contributed by atoms with Crippen molar-refractivity contribution in [2.75, 3.05) is 16.8 Å². The van der Waals surface area contributed by atoms with Crippen LogP contribution in [0.2, 0.25) is 0 Å². The highest BCUT2D eigenvalue weighted by molar-refractivity contribution is 9.09. The average Bonchev–Trinajstić information content (AvgIpc) is 2.79. The summed E-state index contributed by atoms with van der Waals surface area (Å²) >= 11 is 3.45. The van der Waals surface area contributed by atoms with Crippen molar-refractivity contribution in [2.45, 2.75) is 6.42 Å². The minimum atomic E-state index is 0.191. The first kappa shape index (κ1) is 11.7. The van der Waals surface area contributed by atoms with Crippen LogP contribution in [0.3, 0.4) is 0 Å². The molecule has 1 aliphatic heterocycles. The Labute approximate surface area is 114 Å². The number of hydrogen-bond acceptors (Lipinski definition) is 2. The molecule has 1 amide bonds. The summed E-state index contributed by atoms with van der Waals surface area (Å²) in [6.07, 6.45) is 2.41. The van der Waals surface area contributed by atoms with Crippen molar-refractivity contribution >= 4 is 38.4 Å². The molecule has 0 saturated carbocycles. The lowest BCUT2D eigenvalue weighted by Gasteiger charge is -2.16. The second-order valence-electron chi connectivity index (χ2n) is 4.62. The average molecular weight is 305 g/mol. The van der Waals surface area contributed by atoms with E-state index in [0.29, 0.717) is 12.3 Å². The maximum Gasteiger partial charge on any atom is 0.227 e. The van der Waals surface area contributed by atoms with Gasteiger partial charge in [-0.25, -0.2) is 0 Å². The normalized spacial score (nSPS) is 19.7. The highest BCUT2D eigenvalue weighted by Gasteiger charge is 2.29. The number of carbonyl (C=O) groups excluding carboxylic acids is 1. The molecule has 1 atom stereocenters. The van der Waals surface area contributed by atoms with Gasteiger partial charge in [-0.15, -0.1) is 0 Å². The summed E-state index contributed by atoms with van der Waals surface area (Å²) in [6, 6.07) is 10.00. The van der Waals surface area contributed by atoms with Crippen LogP contribution in [0, 0.1) is 5.92 Å². The van der Waals surface area contributed by atoms with E-state index in [1.54, 1.807) is 6.20 Å². The predicted molar refractivity (Wildman–Crippen MR) is 76.0 cm³/mol. The van der Waals surface area contributed by atoms with Gasteiger partial charge < -0.3 is 4.90 Å². The smallest absolute Gasteiger partial charge is 0.227 e. The molecule has 3 rings (SSSR count). The number of anilines is 1. The first-order chi connectivity index (χ1) is 8.78. The second kappa shape index (κ2) is 4.69. The Morgan fingerprint density at radius 2 is 2.22 bits per heavy atom. The van der Waals surface area contributed by atoms with E-state index in [0.717, 1.165) is 28.5 Å². The fourth-order valence-electron chi connectivity index (χ4n) is 2.34. The fourth-order valence-corrected chi connectivity index (χ4v) is 2.78. The van der Waals surface area contributed by atoms with Gasteiger partial charge in [-0.05, 0) is 18.1 Å². The molecule has 1 aliphatic rings. The maximum atomic E-state index is 12.0. The van der Waals surface area contributed by atoms with Crippen LogP contribution in [0.25, 0.3) is 10.9 Å². The molecule has 0 spiro atoms. The molecule has 1 unspecified atom stereocenters. The number of aromatic nitrogens is 1. The highest BCUT2D eigenvalue weighted by atomic mass is 79.9. The number of carbonyl (C=O) groups is 1. The number of amides is 1. The van der Waals surface area contributed by atoms with Crippen LogP contribution in [0.1, 0.15) is 6.42 Å². The Morgan fingerprint density at radius 1 is 1.39 bits per heavy atom. The molecule has 0 radical (unpaired) electrons. The van der Waals surface area contributed by atoms with E-state index < -0.39 is 0 Å². The molecule has 1 aromatic heterocycles. The zero-order chi connectivity index (χ0) is 12.5. The SMILES string of the molecule is O=C1CC(CBr)CN1c1cnc2ccccc2c1. The van der Waals surface area contributed by atoms with E-state index in [1.165, 1.54) is 0 Å². The maximum absolute atomic E-state index is 12.0. The third-order valence-corrected chi connectivity index (χ3v) is 4.23. The van der Waals surface area contributed by atoms with E-state index in [9.17, 15) is 4.79 Å². The zero-order valence-electron chi connectivity index (χ0n) is 9.84. The van der Waals surface area contributed by atoms with Gasteiger partial charge in [0.25, 0.3) is 0 Å². The van der Waals surface area contributed by atoms with E-state index in [-0.39, 0.29) is 5.91 Å². The number of para-hydroxylation sites is 1. The van der Waals surface area contributed by atoms with Crippen molar-refractivity contribution in [3.8, 4) is 0 Å². The van der Waals surface area contributed by atoms with Gasteiger partial charge in [0.05, 0.1) is 17.4 Å². The number of rotatable bonds is 2. The molecule has 0 aliphatic carbocycles. The molecule has 0 N–H and O–H groups in total. The molecule has 0 bridgehead atoms. The largest absolute Gasteiger partial charge is 0.311 e. The van der Waals surface area contributed by atoms with Crippen LogP contribution < -0.4 is 4.90 Å². The van der Waals surface area contributed by atoms with Crippen LogP contribution in [-0.2, 0) is 4.79 Å². The van der Waals surface area contributed by atoms with Crippen LogP contribution in [0.15, 0.2) is 36.5 Å². The Kier molecular flexibility index (Phi) is 3.04. The summed E-state index contributed by atoms with van der Waals surface area (Å²) < 4.78 is 0. The number of fused-ring (bicyclic) bond motifs is 1. The second-order valence-corrected chi connectivity index (χ2v) is 5.26. The molecule has 1 fully saturated rings. The van der Waals surface area contributed by atoms with Crippen LogP contribution >= 0.6 is 15.9 Å². The number of alkyl halides is 1. The van der Waals surface area contributed by atoms with Gasteiger partial charge in [0, 0.05) is 23.7 Å². The predicted octanol–water partition coefficient (Wildman–Crippen LogP) is 2.98. The van der Waals surface area contributed by atoms with Gasteiger partial charge in [-0.3, -0.25) is 9.78 Å². The molecular weight excluding hydrogens is 292 g/mol. The molecule has 1 aromatic carbocycles. The van der Waals surface area contributed by atoms with Crippen molar-refractivity contribution in [1.82, 2.24) is 4.98 Å². The molecule has 3 nitrogen and oxygen atoms in total. The first-order valence-electron chi connectivity index (χ1n) is 5.99. The number of halogens is 1. The quantitative estimate of drug-likeness (QED) is 0.799. The van der Waals surface area contributed by atoms with Gasteiger partial charge in [-0.2, -0.15) is 0 Å². The molecule has 1 saturated heterocycles. The summed E-state index contributed by atoms with van der Waals surface area (Å²) in [6.45, 7) is 0.782. The van der Waals surface area contributed by atoms with Gasteiger partial charge >= 0.3 is 0 Å². The zero-order valence-corrected chi connectivity index (χ0v) is 11.4. The third kappa shape index (κ3) is 2.01. The summed E-state index contributed by atoms with van der Waals surface area (Å²) in [7, 11) is 0. The minimum absolute atomic E-state index is 0.191.